The van der Waals surface area contributed by atoms with Crippen LogP contribution in [0.15, 0.2) is 36.5 Å². The Morgan fingerprint density at radius 3 is 2.39 bits per heavy atom. The number of hydrogen-bond donors (Lipinski definition) is 0. The van der Waals surface area contributed by atoms with Gasteiger partial charge in [-0.2, -0.15) is 4.57 Å². The van der Waals surface area contributed by atoms with Crippen molar-refractivity contribution in [3.63, 3.8) is 0 Å². The molecule has 5 nitrogen and oxygen atoms in total. The highest BCUT2D eigenvalue weighted by atomic mass is 35.5. The molecule has 0 saturated carbocycles. The van der Waals surface area contributed by atoms with Gasteiger partial charge in [0.15, 0.2) is 35.7 Å². The van der Waals surface area contributed by atoms with E-state index in [9.17, 15) is 0 Å². The Morgan fingerprint density at radius 2 is 1.71 bits per heavy atom. The van der Waals surface area contributed by atoms with Crippen molar-refractivity contribution in [3.05, 3.63) is 42.1 Å². The molecule has 3 aromatic rings. The van der Waals surface area contributed by atoms with Crippen molar-refractivity contribution in [1.29, 1.82) is 0 Å². The minimum atomic E-state index is 0. The molecule has 0 fully saturated rings. The van der Waals surface area contributed by atoms with E-state index in [-0.39, 0.29) is 12.4 Å². The van der Waals surface area contributed by atoms with Crippen molar-refractivity contribution in [3.8, 4) is 34.3 Å². The molecule has 2 heterocycles. The number of methoxy groups -OCH3 is 3. The van der Waals surface area contributed by atoms with Crippen LogP contribution >= 0.6 is 0 Å². The van der Waals surface area contributed by atoms with Crippen molar-refractivity contribution < 1.29 is 35.9 Å². The van der Waals surface area contributed by atoms with E-state index in [2.05, 4.69) is 35.0 Å². The number of pyridine rings is 1. The molecule has 4 rings (SSSR count). The predicted octanol–water partition coefficient (Wildman–Crippen LogP) is 0.779. The first-order chi connectivity index (χ1) is 13.2. The van der Waals surface area contributed by atoms with Crippen LogP contribution in [0, 0.1) is 0 Å². The van der Waals surface area contributed by atoms with Gasteiger partial charge >= 0.3 is 0 Å². The third-order valence-corrected chi connectivity index (χ3v) is 5.09. The van der Waals surface area contributed by atoms with Gasteiger partial charge in [-0.05, 0) is 42.1 Å². The topological polar surface area (TPSA) is 40.8 Å². The molecule has 1 aromatic heterocycles. The van der Waals surface area contributed by atoms with Crippen molar-refractivity contribution in [1.82, 2.24) is 0 Å². The standard InChI is InChI=1S/C22H24NO4.ClH/c1-5-27-21-11-15-8-9-23-13-17-14(6-7-19(24-2)22(17)26-4)10-18(23)16(15)12-20(21)25-3;/h6-7,10-13H,5,8-9H2,1-4H3;1H/q+1;/p-1. The van der Waals surface area contributed by atoms with E-state index in [1.54, 1.807) is 21.3 Å². The van der Waals surface area contributed by atoms with E-state index in [1.165, 1.54) is 11.1 Å². The highest BCUT2D eigenvalue weighted by molar-refractivity contribution is 5.91. The van der Waals surface area contributed by atoms with E-state index in [0.29, 0.717) is 6.61 Å². The molecule has 0 bridgehead atoms. The summed E-state index contributed by atoms with van der Waals surface area (Å²) in [6, 6.07) is 10.4. The Bertz CT molecular complexity index is 1020. The van der Waals surface area contributed by atoms with Crippen LogP contribution in [0.4, 0.5) is 0 Å². The quantitative estimate of drug-likeness (QED) is 0.592. The number of aryl methyl sites for hydroxylation is 2. The highest BCUT2D eigenvalue weighted by Gasteiger charge is 2.27. The maximum atomic E-state index is 5.75. The van der Waals surface area contributed by atoms with Crippen molar-refractivity contribution >= 4 is 10.8 Å². The molecule has 28 heavy (non-hydrogen) atoms. The van der Waals surface area contributed by atoms with E-state index < -0.39 is 0 Å². The van der Waals surface area contributed by atoms with E-state index in [1.807, 2.05) is 13.0 Å². The first kappa shape index (κ1) is 20.1. The molecule has 0 spiro atoms. The maximum Gasteiger partial charge on any atom is 0.213 e. The second kappa shape index (κ2) is 8.15. The van der Waals surface area contributed by atoms with Gasteiger partial charge in [-0.15, -0.1) is 0 Å². The van der Waals surface area contributed by atoms with Crippen LogP contribution in [-0.4, -0.2) is 27.9 Å². The van der Waals surface area contributed by atoms with Crippen molar-refractivity contribution in [2.24, 2.45) is 0 Å². The molecule has 0 radical (unpaired) electrons. The SMILES string of the molecule is CCOc1cc2c(cc1OC)-c1cc3ccc(OC)c(OC)c3c[n+]1CC2.[Cl-]. The second-order valence-corrected chi connectivity index (χ2v) is 6.50. The van der Waals surface area contributed by atoms with Gasteiger partial charge in [0, 0.05) is 12.5 Å². The summed E-state index contributed by atoms with van der Waals surface area (Å²) in [6.45, 7) is 3.50. The molecule has 148 valence electrons. The van der Waals surface area contributed by atoms with Crippen LogP contribution in [0.2, 0.25) is 0 Å². The lowest BCUT2D eigenvalue weighted by Crippen LogP contribution is -3.00. The van der Waals surface area contributed by atoms with Crippen molar-refractivity contribution in [2.45, 2.75) is 19.9 Å². The molecule has 0 aliphatic carbocycles. The predicted molar refractivity (Wildman–Crippen MR) is 104 cm³/mol. The van der Waals surface area contributed by atoms with Crippen molar-refractivity contribution in [2.75, 3.05) is 27.9 Å². The molecule has 0 N–H and O–H groups in total. The summed E-state index contributed by atoms with van der Waals surface area (Å²) in [5.41, 5.74) is 3.62. The highest BCUT2D eigenvalue weighted by Crippen LogP contribution is 2.40. The lowest BCUT2D eigenvalue weighted by atomic mass is 9.95. The smallest absolute Gasteiger partial charge is 0.213 e. The number of benzene rings is 2. The molecule has 0 saturated heterocycles. The third kappa shape index (κ3) is 3.20. The molecule has 0 amide bonds. The van der Waals surface area contributed by atoms with Crippen LogP contribution in [0.3, 0.4) is 0 Å². The molecule has 0 unspecified atom stereocenters. The van der Waals surface area contributed by atoms with E-state index in [4.69, 9.17) is 18.9 Å². The number of aromatic nitrogens is 1. The summed E-state index contributed by atoms with van der Waals surface area (Å²) in [6.07, 6.45) is 3.09. The normalized spacial score (nSPS) is 11.9. The van der Waals surface area contributed by atoms with Crippen LogP contribution in [0.25, 0.3) is 22.0 Å². The average Bonchev–Trinajstić information content (AvgIpc) is 2.71. The summed E-state index contributed by atoms with van der Waals surface area (Å²) in [4.78, 5) is 0. The Kier molecular flexibility index (Phi) is 5.84. The van der Waals surface area contributed by atoms with Gasteiger partial charge in [-0.25, -0.2) is 0 Å². The van der Waals surface area contributed by atoms with Gasteiger partial charge in [-0.3, -0.25) is 0 Å². The summed E-state index contributed by atoms with van der Waals surface area (Å²) in [5.74, 6) is 3.07. The van der Waals surface area contributed by atoms with Gasteiger partial charge in [0.05, 0.1) is 38.9 Å². The zero-order chi connectivity index (χ0) is 19.0. The lowest BCUT2D eigenvalue weighted by molar-refractivity contribution is -0.686. The minimum absolute atomic E-state index is 0. The van der Waals surface area contributed by atoms with Gasteiger partial charge in [0.2, 0.25) is 5.69 Å². The zero-order valence-electron chi connectivity index (χ0n) is 16.5. The first-order valence-corrected chi connectivity index (χ1v) is 9.12. The monoisotopic (exact) mass is 401 g/mol. The average molecular weight is 402 g/mol. The Morgan fingerprint density at radius 1 is 0.929 bits per heavy atom. The Balaban J connectivity index is 0.00000225. The van der Waals surface area contributed by atoms with Crippen LogP contribution in [0.5, 0.6) is 23.0 Å². The maximum absolute atomic E-state index is 5.75. The van der Waals surface area contributed by atoms with Gasteiger partial charge < -0.3 is 31.4 Å². The fourth-order valence-electron chi connectivity index (χ4n) is 3.81. The van der Waals surface area contributed by atoms with Gasteiger partial charge in [-0.1, -0.05) is 0 Å². The lowest BCUT2D eigenvalue weighted by Gasteiger charge is -2.19. The molecule has 1 aliphatic heterocycles. The fourth-order valence-corrected chi connectivity index (χ4v) is 3.81. The second-order valence-electron chi connectivity index (χ2n) is 6.50. The third-order valence-electron chi connectivity index (χ3n) is 5.09. The number of halogens is 1. The largest absolute Gasteiger partial charge is 1.00 e. The van der Waals surface area contributed by atoms with E-state index in [0.717, 1.165) is 52.4 Å². The first-order valence-electron chi connectivity index (χ1n) is 9.12. The summed E-state index contributed by atoms with van der Waals surface area (Å²) >= 11 is 0. The number of nitrogens with zero attached hydrogens (tertiary/aromatic N) is 1. The molecule has 2 aromatic carbocycles. The number of fused-ring (bicyclic) bond motifs is 4. The molecule has 0 atom stereocenters. The number of hydrogen-bond acceptors (Lipinski definition) is 4. The summed E-state index contributed by atoms with van der Waals surface area (Å²) in [7, 11) is 5.02. The number of ether oxygens (including phenoxy) is 4. The zero-order valence-corrected chi connectivity index (χ0v) is 17.3. The Labute approximate surface area is 171 Å². The van der Waals surface area contributed by atoms with Crippen LogP contribution in [0.1, 0.15) is 12.5 Å². The Hall–Kier alpha value is -2.66. The minimum Gasteiger partial charge on any atom is -1.00 e. The molecule has 1 aliphatic rings. The summed E-state index contributed by atoms with van der Waals surface area (Å²) in [5, 5.41) is 2.15. The molecular formula is C22H24ClNO4. The summed E-state index contributed by atoms with van der Waals surface area (Å²) < 4.78 is 24.6. The van der Waals surface area contributed by atoms with Crippen LogP contribution < -0.4 is 35.9 Å². The van der Waals surface area contributed by atoms with E-state index >= 15 is 0 Å². The van der Waals surface area contributed by atoms with Crippen LogP contribution in [-0.2, 0) is 13.0 Å². The van der Waals surface area contributed by atoms with Gasteiger partial charge in [0.1, 0.15) is 0 Å². The number of rotatable bonds is 5. The molecular weight excluding hydrogens is 378 g/mol. The fraction of sp³-hybridized carbons (Fsp3) is 0.318. The van der Waals surface area contributed by atoms with Gasteiger partial charge in [0.25, 0.3) is 0 Å². The molecule has 6 heteroatoms.